The van der Waals surface area contributed by atoms with E-state index in [1.807, 2.05) is 13.0 Å². The van der Waals surface area contributed by atoms with Gasteiger partial charge in [0, 0.05) is 38.4 Å². The number of pyridine rings is 1. The van der Waals surface area contributed by atoms with E-state index in [9.17, 15) is 9.59 Å². The number of ether oxygens (including phenoxy) is 1. The fraction of sp³-hybridized carbons (Fsp3) is 0.682. The Bertz CT molecular complexity index is 673. The molecule has 29 heavy (non-hydrogen) atoms. The molecule has 0 aromatic carbocycles. The number of rotatable bonds is 6. The number of nitrogens with zero attached hydrogens (tertiary/aromatic N) is 3. The van der Waals surface area contributed by atoms with Crippen LogP contribution in [0.1, 0.15) is 62.7 Å². The number of carbonyl (C=O) groups is 2. The molecule has 1 N–H and O–H groups in total. The van der Waals surface area contributed by atoms with E-state index in [-0.39, 0.29) is 17.9 Å². The largest absolute Gasteiger partial charge is 0.462 e. The molecule has 7 heteroatoms. The molecular formula is C22H34N4O3. The van der Waals surface area contributed by atoms with Gasteiger partial charge in [-0.3, -0.25) is 9.69 Å². The van der Waals surface area contributed by atoms with Crippen molar-refractivity contribution in [2.75, 3.05) is 37.7 Å². The summed E-state index contributed by atoms with van der Waals surface area (Å²) >= 11 is 0. The summed E-state index contributed by atoms with van der Waals surface area (Å²) in [7, 11) is 0. The van der Waals surface area contributed by atoms with Gasteiger partial charge in [-0.2, -0.15) is 0 Å². The zero-order valence-electron chi connectivity index (χ0n) is 17.7. The highest BCUT2D eigenvalue weighted by atomic mass is 16.5. The maximum Gasteiger partial charge on any atom is 0.339 e. The van der Waals surface area contributed by atoms with Gasteiger partial charge in [-0.25, -0.2) is 9.78 Å². The Morgan fingerprint density at radius 3 is 2.62 bits per heavy atom. The van der Waals surface area contributed by atoms with Crippen LogP contribution in [0.3, 0.4) is 0 Å². The molecule has 0 bridgehead atoms. The SMILES string of the molecule is CCOC(=O)c1ccc(N2CCCN(C(C)C(=O)NC3CCCCC3)CC2)nc1. The van der Waals surface area contributed by atoms with Gasteiger partial charge in [0.05, 0.1) is 18.2 Å². The Hall–Kier alpha value is -2.15. The summed E-state index contributed by atoms with van der Waals surface area (Å²) in [5.74, 6) is 0.674. The first-order chi connectivity index (χ1) is 14.1. The third-order valence-electron chi connectivity index (χ3n) is 5.99. The van der Waals surface area contributed by atoms with Gasteiger partial charge in [-0.1, -0.05) is 19.3 Å². The van der Waals surface area contributed by atoms with Crippen LogP contribution in [-0.2, 0) is 9.53 Å². The van der Waals surface area contributed by atoms with Crippen LogP contribution in [0.2, 0.25) is 0 Å². The second kappa shape index (κ2) is 10.6. The summed E-state index contributed by atoms with van der Waals surface area (Å²) in [5.41, 5.74) is 0.472. The molecule has 1 saturated heterocycles. The van der Waals surface area contributed by atoms with Crippen LogP contribution >= 0.6 is 0 Å². The molecule has 0 radical (unpaired) electrons. The number of nitrogens with one attached hydrogen (secondary N) is 1. The highest BCUT2D eigenvalue weighted by Crippen LogP contribution is 2.19. The molecule has 1 aliphatic heterocycles. The van der Waals surface area contributed by atoms with E-state index < -0.39 is 0 Å². The molecule has 1 aromatic rings. The molecule has 1 amide bonds. The predicted octanol–water partition coefficient (Wildman–Crippen LogP) is 2.61. The minimum absolute atomic E-state index is 0.115. The van der Waals surface area contributed by atoms with E-state index in [0.29, 0.717) is 18.2 Å². The fourth-order valence-corrected chi connectivity index (χ4v) is 4.20. The predicted molar refractivity (Wildman–Crippen MR) is 113 cm³/mol. The van der Waals surface area contributed by atoms with Crippen molar-refractivity contribution >= 4 is 17.7 Å². The van der Waals surface area contributed by atoms with Crippen molar-refractivity contribution in [2.45, 2.75) is 64.5 Å². The first kappa shape index (κ1) is 21.6. The van der Waals surface area contributed by atoms with Gasteiger partial charge in [0.1, 0.15) is 5.82 Å². The lowest BCUT2D eigenvalue weighted by Gasteiger charge is -2.30. The zero-order chi connectivity index (χ0) is 20.6. The average Bonchev–Trinajstić information content (AvgIpc) is 3.00. The fourth-order valence-electron chi connectivity index (χ4n) is 4.20. The van der Waals surface area contributed by atoms with E-state index >= 15 is 0 Å². The van der Waals surface area contributed by atoms with Crippen LogP contribution in [0.25, 0.3) is 0 Å². The second-order valence-electron chi connectivity index (χ2n) is 8.02. The van der Waals surface area contributed by atoms with Crippen LogP contribution in [0.15, 0.2) is 18.3 Å². The molecule has 1 aromatic heterocycles. The highest BCUT2D eigenvalue weighted by Gasteiger charge is 2.26. The Kier molecular flexibility index (Phi) is 7.86. The summed E-state index contributed by atoms with van der Waals surface area (Å²) < 4.78 is 5.01. The lowest BCUT2D eigenvalue weighted by atomic mass is 9.95. The Morgan fingerprint density at radius 2 is 1.93 bits per heavy atom. The summed E-state index contributed by atoms with van der Waals surface area (Å²) in [6, 6.07) is 3.88. The van der Waals surface area contributed by atoms with E-state index in [4.69, 9.17) is 4.74 Å². The maximum absolute atomic E-state index is 12.7. The van der Waals surface area contributed by atoms with E-state index in [2.05, 4.69) is 20.1 Å². The minimum atomic E-state index is -0.341. The van der Waals surface area contributed by atoms with E-state index in [1.165, 1.54) is 19.3 Å². The number of hydrogen-bond donors (Lipinski definition) is 1. The van der Waals surface area contributed by atoms with Gasteiger partial charge < -0.3 is 15.0 Å². The van der Waals surface area contributed by atoms with Crippen LogP contribution in [0, 0.1) is 0 Å². The normalized spacial score (nSPS) is 20.0. The third-order valence-corrected chi connectivity index (χ3v) is 5.99. The van der Waals surface area contributed by atoms with E-state index in [1.54, 1.807) is 19.2 Å². The van der Waals surface area contributed by atoms with Gasteiger partial charge >= 0.3 is 5.97 Å². The summed E-state index contributed by atoms with van der Waals surface area (Å²) in [5, 5.41) is 3.26. The number of amides is 1. The van der Waals surface area contributed by atoms with Crippen LogP contribution in [0.4, 0.5) is 5.82 Å². The lowest BCUT2D eigenvalue weighted by Crippen LogP contribution is -2.49. The molecule has 3 rings (SSSR count). The monoisotopic (exact) mass is 402 g/mol. The topological polar surface area (TPSA) is 74.8 Å². The smallest absolute Gasteiger partial charge is 0.339 e. The Labute approximate surface area is 173 Å². The van der Waals surface area contributed by atoms with Gasteiger partial charge in [0.15, 0.2) is 0 Å². The number of hydrogen-bond acceptors (Lipinski definition) is 6. The minimum Gasteiger partial charge on any atom is -0.462 e. The first-order valence-electron chi connectivity index (χ1n) is 11.0. The molecule has 1 unspecified atom stereocenters. The molecule has 1 aliphatic carbocycles. The lowest BCUT2D eigenvalue weighted by molar-refractivity contribution is -0.126. The molecule has 0 spiro atoms. The number of aromatic nitrogens is 1. The molecule has 160 valence electrons. The van der Waals surface area contributed by atoms with Crippen molar-refractivity contribution < 1.29 is 14.3 Å². The molecule has 2 fully saturated rings. The molecule has 2 heterocycles. The van der Waals surface area contributed by atoms with Gasteiger partial charge in [0.25, 0.3) is 0 Å². The number of anilines is 1. The number of carbonyl (C=O) groups excluding carboxylic acids is 2. The van der Waals surface area contributed by atoms with Gasteiger partial charge in [-0.15, -0.1) is 0 Å². The molecule has 1 saturated carbocycles. The molecule has 7 nitrogen and oxygen atoms in total. The zero-order valence-corrected chi connectivity index (χ0v) is 17.7. The maximum atomic E-state index is 12.7. The van der Waals surface area contributed by atoms with E-state index in [0.717, 1.165) is 51.3 Å². The van der Waals surface area contributed by atoms with Crippen molar-refractivity contribution in [3.8, 4) is 0 Å². The Morgan fingerprint density at radius 1 is 1.14 bits per heavy atom. The van der Waals surface area contributed by atoms with Crippen molar-refractivity contribution in [1.29, 1.82) is 0 Å². The average molecular weight is 403 g/mol. The summed E-state index contributed by atoms with van der Waals surface area (Å²) in [6.07, 6.45) is 8.51. The Balaban J connectivity index is 1.52. The quantitative estimate of drug-likeness (QED) is 0.738. The summed E-state index contributed by atoms with van der Waals surface area (Å²) in [6.45, 7) is 7.58. The van der Waals surface area contributed by atoms with Crippen LogP contribution in [-0.4, -0.2) is 66.6 Å². The first-order valence-corrected chi connectivity index (χ1v) is 11.0. The molecular weight excluding hydrogens is 368 g/mol. The standard InChI is InChI=1S/C22H34N4O3/c1-3-29-22(28)18-10-11-20(23-16-18)26-13-7-12-25(14-15-26)17(2)21(27)24-19-8-5-4-6-9-19/h10-11,16-17,19H,3-9,12-15H2,1-2H3,(H,24,27). The highest BCUT2D eigenvalue weighted by molar-refractivity contribution is 5.89. The van der Waals surface area contributed by atoms with Gasteiger partial charge in [-0.05, 0) is 45.2 Å². The molecule has 1 atom stereocenters. The van der Waals surface area contributed by atoms with Crippen molar-refractivity contribution in [2.24, 2.45) is 0 Å². The van der Waals surface area contributed by atoms with Gasteiger partial charge in [0.2, 0.25) is 5.91 Å². The van der Waals surface area contributed by atoms with Crippen molar-refractivity contribution in [3.63, 3.8) is 0 Å². The molecule has 2 aliphatic rings. The third kappa shape index (κ3) is 5.92. The summed E-state index contributed by atoms with van der Waals surface area (Å²) in [4.78, 5) is 33.4. The van der Waals surface area contributed by atoms with Crippen LogP contribution in [0.5, 0.6) is 0 Å². The van der Waals surface area contributed by atoms with Crippen molar-refractivity contribution in [1.82, 2.24) is 15.2 Å². The van der Waals surface area contributed by atoms with Crippen molar-refractivity contribution in [3.05, 3.63) is 23.9 Å². The second-order valence-corrected chi connectivity index (χ2v) is 8.02. The van der Waals surface area contributed by atoms with Crippen LogP contribution < -0.4 is 10.2 Å². The number of esters is 1.